The molecule has 0 saturated heterocycles. The van der Waals surface area contributed by atoms with Gasteiger partial charge in [-0.25, -0.2) is 8.42 Å². The average molecular weight is 503 g/mol. The summed E-state index contributed by atoms with van der Waals surface area (Å²) in [7, 11) is -2.35. The van der Waals surface area contributed by atoms with Crippen LogP contribution in [0.5, 0.6) is 5.75 Å². The van der Waals surface area contributed by atoms with E-state index in [0.717, 1.165) is 21.2 Å². The molecule has 3 aromatic rings. The number of hydrogen-bond donors (Lipinski definition) is 1. The van der Waals surface area contributed by atoms with E-state index in [1.165, 1.54) is 0 Å². The molecular weight excluding hydrogens is 480 g/mol. The minimum absolute atomic E-state index is 0.126. The van der Waals surface area contributed by atoms with Crippen molar-refractivity contribution in [1.29, 1.82) is 0 Å². The Balaban J connectivity index is 1.82. The molecule has 0 fully saturated rings. The molecule has 0 aliphatic carbocycles. The maximum Gasteiger partial charge on any atom is 0.264 e. The molecule has 0 spiro atoms. The Morgan fingerprint density at radius 3 is 2.32 bits per heavy atom. The molecule has 6 nitrogen and oxygen atoms in total. The topological polar surface area (TPSA) is 75.7 Å². The van der Waals surface area contributed by atoms with E-state index in [1.807, 2.05) is 19.1 Å². The standard InChI is InChI=1S/C23H23BrN2O4S/c1-17-6-12-22(13-7-17)31(28,29)26(20-5-3-4-19(24)14-20)16-23(27)25-15-18-8-10-21(30-2)11-9-18/h3-14H,15-16H2,1-2H3,(H,25,27). The molecule has 162 valence electrons. The van der Waals surface area contributed by atoms with Crippen molar-refractivity contribution in [3.63, 3.8) is 0 Å². The van der Waals surface area contributed by atoms with E-state index in [9.17, 15) is 13.2 Å². The summed E-state index contributed by atoms with van der Waals surface area (Å²) in [6.45, 7) is 1.82. The summed E-state index contributed by atoms with van der Waals surface area (Å²) in [4.78, 5) is 12.8. The number of benzene rings is 3. The number of carbonyl (C=O) groups is 1. The highest BCUT2D eigenvalue weighted by molar-refractivity contribution is 9.10. The van der Waals surface area contributed by atoms with Gasteiger partial charge in [0, 0.05) is 11.0 Å². The van der Waals surface area contributed by atoms with Gasteiger partial charge in [-0.1, -0.05) is 51.8 Å². The zero-order valence-corrected chi connectivity index (χ0v) is 19.6. The molecule has 0 aliphatic heterocycles. The Bertz CT molecular complexity index is 1150. The van der Waals surface area contributed by atoms with E-state index < -0.39 is 15.9 Å². The van der Waals surface area contributed by atoms with Gasteiger partial charge in [-0.3, -0.25) is 9.10 Å². The molecule has 0 heterocycles. The van der Waals surface area contributed by atoms with Gasteiger partial charge in [-0.2, -0.15) is 0 Å². The number of amides is 1. The van der Waals surface area contributed by atoms with E-state index in [0.29, 0.717) is 10.2 Å². The van der Waals surface area contributed by atoms with E-state index in [4.69, 9.17) is 4.74 Å². The molecule has 0 radical (unpaired) electrons. The van der Waals surface area contributed by atoms with Gasteiger partial charge in [0.05, 0.1) is 17.7 Å². The summed E-state index contributed by atoms with van der Waals surface area (Å²) in [6, 6.07) is 20.7. The third kappa shape index (κ3) is 5.86. The zero-order valence-electron chi connectivity index (χ0n) is 17.2. The molecule has 0 unspecified atom stereocenters. The molecule has 0 aromatic heterocycles. The number of anilines is 1. The summed E-state index contributed by atoms with van der Waals surface area (Å²) < 4.78 is 33.7. The van der Waals surface area contributed by atoms with Crippen LogP contribution in [0.2, 0.25) is 0 Å². The van der Waals surface area contributed by atoms with Crippen LogP contribution in [-0.4, -0.2) is 28.0 Å². The largest absolute Gasteiger partial charge is 0.497 e. The van der Waals surface area contributed by atoms with E-state index in [-0.39, 0.29) is 18.0 Å². The smallest absolute Gasteiger partial charge is 0.264 e. The summed E-state index contributed by atoms with van der Waals surface area (Å²) in [5, 5.41) is 2.79. The van der Waals surface area contributed by atoms with Crippen LogP contribution in [0.3, 0.4) is 0 Å². The maximum atomic E-state index is 13.4. The third-order valence-corrected chi connectivity index (χ3v) is 6.92. The van der Waals surface area contributed by atoms with Crippen molar-refractivity contribution in [2.24, 2.45) is 0 Å². The second kappa shape index (κ2) is 9.98. The molecule has 0 saturated carbocycles. The Hall–Kier alpha value is -2.84. The first kappa shape index (κ1) is 22.8. The Kier molecular flexibility index (Phi) is 7.35. The fourth-order valence-corrected chi connectivity index (χ4v) is 4.71. The van der Waals surface area contributed by atoms with Crippen LogP contribution in [0.15, 0.2) is 82.2 Å². The van der Waals surface area contributed by atoms with Crippen molar-refractivity contribution in [3.8, 4) is 5.75 Å². The summed E-state index contributed by atoms with van der Waals surface area (Å²) in [6.07, 6.45) is 0. The monoisotopic (exact) mass is 502 g/mol. The number of hydrogen-bond acceptors (Lipinski definition) is 4. The average Bonchev–Trinajstić information content (AvgIpc) is 2.76. The second-order valence-electron chi connectivity index (χ2n) is 6.93. The minimum Gasteiger partial charge on any atom is -0.497 e. The van der Waals surface area contributed by atoms with Gasteiger partial charge in [0.15, 0.2) is 0 Å². The van der Waals surface area contributed by atoms with Gasteiger partial charge in [0.2, 0.25) is 5.91 Å². The number of aryl methyl sites for hydroxylation is 1. The van der Waals surface area contributed by atoms with E-state index >= 15 is 0 Å². The van der Waals surface area contributed by atoms with Crippen LogP contribution in [-0.2, 0) is 21.4 Å². The lowest BCUT2D eigenvalue weighted by Gasteiger charge is -2.24. The lowest BCUT2D eigenvalue weighted by atomic mass is 10.2. The third-order valence-electron chi connectivity index (χ3n) is 4.64. The van der Waals surface area contributed by atoms with Gasteiger partial charge in [0.1, 0.15) is 12.3 Å². The normalized spacial score (nSPS) is 11.1. The molecule has 3 aromatic carbocycles. The van der Waals surface area contributed by atoms with Gasteiger partial charge in [0.25, 0.3) is 10.0 Å². The van der Waals surface area contributed by atoms with Gasteiger partial charge in [-0.15, -0.1) is 0 Å². The summed E-state index contributed by atoms with van der Waals surface area (Å²) >= 11 is 3.37. The highest BCUT2D eigenvalue weighted by atomic mass is 79.9. The van der Waals surface area contributed by atoms with Crippen LogP contribution in [0, 0.1) is 6.92 Å². The maximum absolute atomic E-state index is 13.4. The van der Waals surface area contributed by atoms with Crippen LogP contribution in [0.25, 0.3) is 0 Å². The van der Waals surface area contributed by atoms with Gasteiger partial charge < -0.3 is 10.1 Å². The highest BCUT2D eigenvalue weighted by Gasteiger charge is 2.27. The molecule has 8 heteroatoms. The fourth-order valence-electron chi connectivity index (χ4n) is 2.91. The van der Waals surface area contributed by atoms with Crippen molar-refractivity contribution < 1.29 is 17.9 Å². The SMILES string of the molecule is COc1ccc(CNC(=O)CN(c2cccc(Br)c2)S(=O)(=O)c2ccc(C)cc2)cc1. The summed E-state index contributed by atoms with van der Waals surface area (Å²) in [5.74, 6) is 0.312. The molecular formula is C23H23BrN2O4S. The number of methoxy groups -OCH3 is 1. The number of nitrogens with zero attached hydrogens (tertiary/aromatic N) is 1. The predicted molar refractivity (Wildman–Crippen MR) is 125 cm³/mol. The Morgan fingerprint density at radius 2 is 1.71 bits per heavy atom. The first-order valence-electron chi connectivity index (χ1n) is 9.54. The van der Waals surface area contributed by atoms with E-state index in [2.05, 4.69) is 21.2 Å². The van der Waals surface area contributed by atoms with Crippen LogP contribution >= 0.6 is 15.9 Å². The molecule has 0 atom stereocenters. The molecule has 0 bridgehead atoms. The fraction of sp³-hybridized carbons (Fsp3) is 0.174. The van der Waals surface area contributed by atoms with Crippen LogP contribution < -0.4 is 14.4 Å². The quantitative estimate of drug-likeness (QED) is 0.498. The Labute approximate surface area is 191 Å². The van der Waals surface area contributed by atoms with Crippen molar-refractivity contribution in [2.75, 3.05) is 18.0 Å². The Morgan fingerprint density at radius 1 is 1.03 bits per heavy atom. The molecule has 1 N–H and O–H groups in total. The number of ether oxygens (including phenoxy) is 1. The first-order valence-corrected chi connectivity index (χ1v) is 11.8. The van der Waals surface area contributed by atoms with Crippen LogP contribution in [0.4, 0.5) is 5.69 Å². The number of rotatable bonds is 8. The number of carbonyl (C=O) groups excluding carboxylic acids is 1. The summed E-state index contributed by atoms with van der Waals surface area (Å²) in [5.41, 5.74) is 2.23. The van der Waals surface area contributed by atoms with Crippen molar-refractivity contribution in [2.45, 2.75) is 18.4 Å². The van der Waals surface area contributed by atoms with Crippen molar-refractivity contribution in [1.82, 2.24) is 5.32 Å². The molecule has 1 amide bonds. The van der Waals surface area contributed by atoms with Crippen molar-refractivity contribution in [3.05, 3.63) is 88.4 Å². The lowest BCUT2D eigenvalue weighted by Crippen LogP contribution is -2.40. The highest BCUT2D eigenvalue weighted by Crippen LogP contribution is 2.26. The zero-order chi connectivity index (χ0) is 22.4. The predicted octanol–water partition coefficient (Wildman–Crippen LogP) is 4.28. The second-order valence-corrected chi connectivity index (χ2v) is 9.71. The lowest BCUT2D eigenvalue weighted by molar-refractivity contribution is -0.119. The van der Waals surface area contributed by atoms with Crippen molar-refractivity contribution >= 4 is 37.5 Å². The molecule has 31 heavy (non-hydrogen) atoms. The molecule has 0 aliphatic rings. The van der Waals surface area contributed by atoms with E-state index in [1.54, 1.807) is 67.8 Å². The first-order chi connectivity index (χ1) is 14.8. The molecule has 3 rings (SSSR count). The van der Waals surface area contributed by atoms with Gasteiger partial charge >= 0.3 is 0 Å². The van der Waals surface area contributed by atoms with Crippen LogP contribution in [0.1, 0.15) is 11.1 Å². The van der Waals surface area contributed by atoms with Gasteiger partial charge in [-0.05, 0) is 55.0 Å². The number of nitrogens with one attached hydrogen (secondary N) is 1. The number of sulfonamides is 1. The number of halogens is 1. The minimum atomic E-state index is -3.94.